The van der Waals surface area contributed by atoms with Gasteiger partial charge in [0, 0.05) is 13.0 Å². The van der Waals surface area contributed by atoms with Crippen molar-refractivity contribution in [2.45, 2.75) is 16.1 Å². The van der Waals surface area contributed by atoms with Crippen LogP contribution in [0.3, 0.4) is 0 Å². The van der Waals surface area contributed by atoms with Crippen LogP contribution in [0.25, 0.3) is 0 Å². The van der Waals surface area contributed by atoms with Gasteiger partial charge in [-0.05, 0) is 29.8 Å². The summed E-state index contributed by atoms with van der Waals surface area (Å²) in [6.45, 7) is 0.149. The molecule has 0 bridgehead atoms. The minimum Gasteiger partial charge on any atom is -0.497 e. The molecule has 0 spiro atoms. The number of methoxy groups -OCH3 is 2. The van der Waals surface area contributed by atoms with E-state index in [0.29, 0.717) is 5.75 Å². The van der Waals surface area contributed by atoms with Gasteiger partial charge in [0.05, 0.1) is 34.3 Å². The molecule has 2 aromatic rings. The van der Waals surface area contributed by atoms with Gasteiger partial charge in [-0.2, -0.15) is 0 Å². The molecule has 7 heteroatoms. The van der Waals surface area contributed by atoms with Crippen LogP contribution in [0.1, 0.15) is 11.5 Å². The number of ether oxygens (including phenoxy) is 2. The maximum Gasteiger partial charge on any atom is 0.182 e. The van der Waals surface area contributed by atoms with Crippen molar-refractivity contribution in [2.75, 3.05) is 20.8 Å². The van der Waals surface area contributed by atoms with E-state index in [2.05, 4.69) is 0 Å². The largest absolute Gasteiger partial charge is 0.497 e. The molecule has 1 fully saturated rings. The van der Waals surface area contributed by atoms with E-state index in [4.69, 9.17) is 27.4 Å². The monoisotopic (exact) mass is 391 g/mol. The van der Waals surface area contributed by atoms with Crippen LogP contribution in [0.15, 0.2) is 59.5 Å². The molecule has 1 saturated carbocycles. The first-order chi connectivity index (χ1) is 12.4. The van der Waals surface area contributed by atoms with Crippen LogP contribution in [0.2, 0.25) is 0 Å². The molecule has 0 amide bonds. The lowest BCUT2D eigenvalue weighted by atomic mass is 10.00. The van der Waals surface area contributed by atoms with Crippen molar-refractivity contribution in [2.24, 2.45) is 11.1 Å². The lowest BCUT2D eigenvalue weighted by Crippen LogP contribution is -2.33. The Labute approximate surface area is 159 Å². The van der Waals surface area contributed by atoms with Gasteiger partial charge in [0.15, 0.2) is 9.84 Å². The van der Waals surface area contributed by atoms with E-state index in [1.165, 1.54) is 7.11 Å². The summed E-state index contributed by atoms with van der Waals surface area (Å²) < 4.78 is 37.1. The zero-order valence-electron chi connectivity index (χ0n) is 14.6. The van der Waals surface area contributed by atoms with Crippen LogP contribution in [0, 0.1) is 5.41 Å². The number of nitrogens with two attached hydrogens (primary N) is 1. The first-order valence-corrected chi connectivity index (χ1v) is 10.1. The van der Waals surface area contributed by atoms with E-state index in [1.807, 2.05) is 12.1 Å². The van der Waals surface area contributed by atoms with Crippen molar-refractivity contribution < 1.29 is 17.9 Å². The summed E-state index contributed by atoms with van der Waals surface area (Å²) in [4.78, 5) is 0.419. The summed E-state index contributed by atoms with van der Waals surface area (Å²) in [7, 11) is -0.527. The smallest absolute Gasteiger partial charge is 0.182 e. The number of benzene rings is 2. The Kier molecular flexibility index (Phi) is 5.05. The highest BCUT2D eigenvalue weighted by molar-refractivity contribution is 7.92. The molecule has 5 nitrogen and oxygen atoms in total. The first kappa shape index (κ1) is 18.8. The van der Waals surface area contributed by atoms with Crippen molar-refractivity contribution >= 4 is 27.0 Å². The van der Waals surface area contributed by atoms with Crippen LogP contribution in [-0.4, -0.2) is 39.5 Å². The van der Waals surface area contributed by atoms with E-state index in [1.54, 1.807) is 49.6 Å². The fourth-order valence-corrected chi connectivity index (χ4v) is 6.47. The molecule has 1 aliphatic rings. The van der Waals surface area contributed by atoms with Gasteiger partial charge in [-0.15, -0.1) is 0 Å². The van der Waals surface area contributed by atoms with Crippen LogP contribution in [-0.2, 0) is 14.6 Å². The third kappa shape index (κ3) is 2.90. The molecular formula is C19H21NO4S2. The Morgan fingerprint density at radius 3 is 2.23 bits per heavy atom. The topological polar surface area (TPSA) is 78.6 Å². The van der Waals surface area contributed by atoms with Gasteiger partial charge in [0.25, 0.3) is 0 Å². The Balaban J connectivity index is 2.09. The van der Waals surface area contributed by atoms with Gasteiger partial charge < -0.3 is 15.2 Å². The summed E-state index contributed by atoms with van der Waals surface area (Å²) in [5.41, 5.74) is 5.95. The van der Waals surface area contributed by atoms with E-state index in [-0.39, 0.29) is 22.4 Å². The highest BCUT2D eigenvalue weighted by Crippen LogP contribution is 2.64. The fraction of sp³-hybridized carbons (Fsp3) is 0.316. The molecule has 2 N–H and O–H groups in total. The van der Waals surface area contributed by atoms with Crippen molar-refractivity contribution in [1.82, 2.24) is 0 Å². The lowest BCUT2D eigenvalue weighted by molar-refractivity contribution is 0.166. The standard InChI is InChI=1S/C19H21NO4S2/c1-23-12-19(18(20)25)16(13-8-10-14(24-2)11-9-13)17(19)26(21,22)15-6-4-3-5-7-15/h3-11,16-17H,12H2,1-2H3,(H2,20,25)/t16-,17-,19+/m1/s1. The quantitative estimate of drug-likeness (QED) is 0.731. The highest BCUT2D eigenvalue weighted by atomic mass is 32.2. The summed E-state index contributed by atoms with van der Waals surface area (Å²) in [6, 6.07) is 15.7. The lowest BCUT2D eigenvalue weighted by Gasteiger charge is -2.16. The van der Waals surface area contributed by atoms with Crippen LogP contribution >= 0.6 is 12.2 Å². The van der Waals surface area contributed by atoms with Crippen LogP contribution in [0.4, 0.5) is 0 Å². The molecule has 0 heterocycles. The Hall–Kier alpha value is -1.96. The van der Waals surface area contributed by atoms with Crippen molar-refractivity contribution in [3.63, 3.8) is 0 Å². The summed E-state index contributed by atoms with van der Waals surface area (Å²) in [5.74, 6) is 0.334. The minimum atomic E-state index is -3.63. The highest BCUT2D eigenvalue weighted by Gasteiger charge is 2.73. The second-order valence-electron chi connectivity index (χ2n) is 6.37. The number of sulfone groups is 1. The third-order valence-electron chi connectivity index (χ3n) is 4.98. The molecule has 3 atom stereocenters. The number of thiocarbonyl (C=S) groups is 1. The van der Waals surface area contributed by atoms with Gasteiger partial charge in [0.1, 0.15) is 5.75 Å². The van der Waals surface area contributed by atoms with Gasteiger partial charge in [-0.25, -0.2) is 8.42 Å². The average molecular weight is 392 g/mol. The average Bonchev–Trinajstić information content (AvgIpc) is 3.34. The Morgan fingerprint density at radius 1 is 1.12 bits per heavy atom. The predicted octanol–water partition coefficient (Wildman–Crippen LogP) is 2.55. The SMILES string of the molecule is COC[C@]1(C(N)=S)[C@H](c2ccc(OC)cc2)[C@H]1S(=O)(=O)c1ccccc1. The number of rotatable bonds is 7. The second-order valence-corrected chi connectivity index (χ2v) is 8.88. The fourth-order valence-electron chi connectivity index (χ4n) is 3.68. The Bertz CT molecular complexity index is 897. The van der Waals surface area contributed by atoms with E-state index < -0.39 is 20.5 Å². The van der Waals surface area contributed by atoms with E-state index >= 15 is 0 Å². The van der Waals surface area contributed by atoms with Gasteiger partial charge in [0.2, 0.25) is 0 Å². The number of hydrogen-bond donors (Lipinski definition) is 1. The molecular weight excluding hydrogens is 370 g/mol. The molecule has 138 valence electrons. The third-order valence-corrected chi connectivity index (χ3v) is 7.65. The molecule has 3 rings (SSSR count). The molecule has 0 saturated heterocycles. The molecule has 0 radical (unpaired) electrons. The minimum absolute atomic E-state index is 0.149. The molecule has 0 unspecified atom stereocenters. The molecule has 26 heavy (non-hydrogen) atoms. The van der Waals surface area contributed by atoms with Gasteiger partial charge in [-0.3, -0.25) is 0 Å². The van der Waals surface area contributed by atoms with E-state index in [9.17, 15) is 8.42 Å². The normalized spacial score (nSPS) is 24.8. The maximum atomic E-state index is 13.3. The molecule has 1 aliphatic carbocycles. The predicted molar refractivity (Wildman–Crippen MR) is 104 cm³/mol. The number of hydrogen-bond acceptors (Lipinski definition) is 5. The molecule has 2 aromatic carbocycles. The molecule has 0 aromatic heterocycles. The van der Waals surface area contributed by atoms with Crippen molar-refractivity contribution in [1.29, 1.82) is 0 Å². The summed E-state index contributed by atoms with van der Waals surface area (Å²) in [6.07, 6.45) is 0. The zero-order valence-corrected chi connectivity index (χ0v) is 16.2. The second kappa shape index (κ2) is 6.98. The Morgan fingerprint density at radius 2 is 1.73 bits per heavy atom. The van der Waals surface area contributed by atoms with Gasteiger partial charge >= 0.3 is 0 Å². The maximum absolute atomic E-state index is 13.3. The van der Waals surface area contributed by atoms with Crippen molar-refractivity contribution in [3.05, 3.63) is 60.2 Å². The van der Waals surface area contributed by atoms with Crippen molar-refractivity contribution in [3.8, 4) is 5.75 Å². The van der Waals surface area contributed by atoms with Gasteiger partial charge in [-0.1, -0.05) is 42.5 Å². The molecule has 0 aliphatic heterocycles. The van der Waals surface area contributed by atoms with Crippen LogP contribution < -0.4 is 10.5 Å². The summed E-state index contributed by atoms with van der Waals surface area (Å²) in [5, 5.41) is -0.761. The van der Waals surface area contributed by atoms with Crippen LogP contribution in [0.5, 0.6) is 5.75 Å². The summed E-state index contributed by atoms with van der Waals surface area (Å²) >= 11 is 5.29. The van der Waals surface area contributed by atoms with E-state index in [0.717, 1.165) is 5.56 Å². The first-order valence-electron chi connectivity index (χ1n) is 8.11. The zero-order chi connectivity index (χ0) is 18.9.